The number of hydrogen-bond donors (Lipinski definition) is 2. The van der Waals surface area contributed by atoms with Crippen LogP contribution in [-0.4, -0.2) is 40.6 Å². The Balaban J connectivity index is 1.17. The minimum Gasteiger partial charge on any atom is -0.489 e. The molecule has 2 heterocycles. The van der Waals surface area contributed by atoms with Crippen molar-refractivity contribution in [3.05, 3.63) is 123 Å². The molecule has 1 aromatic heterocycles. The molecule has 236 valence electrons. The number of ether oxygens (including phenoxy) is 2. The molecule has 1 aliphatic rings. The van der Waals surface area contributed by atoms with Crippen LogP contribution in [0.15, 0.2) is 105 Å². The molecule has 1 saturated heterocycles. The number of amides is 1. The highest BCUT2D eigenvalue weighted by Crippen LogP contribution is 2.32. The number of benzene rings is 4. The average Bonchev–Trinajstić information content (AvgIpc) is 3.05. The van der Waals surface area contributed by atoms with Crippen molar-refractivity contribution in [2.45, 2.75) is 18.4 Å². The van der Waals surface area contributed by atoms with Gasteiger partial charge in [-0.25, -0.2) is 13.2 Å². The third-order valence-corrected chi connectivity index (χ3v) is 9.25. The highest BCUT2D eigenvalue weighted by molar-refractivity contribution is 7.93. The van der Waals surface area contributed by atoms with Gasteiger partial charge in [-0.05, 0) is 72.6 Å². The topological polar surface area (TPSA) is 127 Å². The van der Waals surface area contributed by atoms with E-state index in [1.807, 2.05) is 17.9 Å². The van der Waals surface area contributed by atoms with Crippen LogP contribution >= 0.6 is 11.6 Å². The zero-order valence-corrected chi connectivity index (χ0v) is 26.4. The summed E-state index contributed by atoms with van der Waals surface area (Å²) in [5.41, 5.74) is 3.10. The molecular weight excluding hydrogens is 630 g/mol. The summed E-state index contributed by atoms with van der Waals surface area (Å²) in [6, 6.07) is 25.0. The number of nitrogens with zero attached hydrogens (tertiary/aromatic N) is 1. The Morgan fingerprint density at radius 1 is 0.957 bits per heavy atom. The lowest BCUT2D eigenvalue weighted by Gasteiger charge is -2.30. The summed E-state index contributed by atoms with van der Waals surface area (Å²) in [5, 5.41) is 3.91. The molecule has 6 rings (SSSR count). The number of para-hydroxylation sites is 1. The Labute approximate surface area is 270 Å². The van der Waals surface area contributed by atoms with Crippen LogP contribution in [0.2, 0.25) is 5.02 Å². The predicted octanol–water partition coefficient (Wildman–Crippen LogP) is 6.22. The number of fused-ring (bicyclic) bond motifs is 1. The third kappa shape index (κ3) is 7.02. The van der Waals surface area contributed by atoms with E-state index in [-0.39, 0.29) is 22.2 Å². The fraction of sp³-hybridized carbons (Fsp3) is 0.176. The van der Waals surface area contributed by atoms with Gasteiger partial charge in [0.15, 0.2) is 0 Å². The zero-order valence-electron chi connectivity index (χ0n) is 24.8. The maximum absolute atomic E-state index is 13.6. The second kappa shape index (κ2) is 13.3. The number of anilines is 3. The van der Waals surface area contributed by atoms with E-state index in [0.29, 0.717) is 54.6 Å². The van der Waals surface area contributed by atoms with Gasteiger partial charge in [-0.15, -0.1) is 0 Å². The molecule has 4 aromatic carbocycles. The Morgan fingerprint density at radius 2 is 1.72 bits per heavy atom. The summed E-state index contributed by atoms with van der Waals surface area (Å²) < 4.78 is 46.5. The molecule has 46 heavy (non-hydrogen) atoms. The molecule has 1 aliphatic heterocycles. The molecular formula is C34H30ClN3O7S. The number of carbonyl (C=O) groups is 1. The van der Waals surface area contributed by atoms with Gasteiger partial charge in [0.05, 0.1) is 29.6 Å². The van der Waals surface area contributed by atoms with Crippen molar-refractivity contribution < 1.29 is 27.1 Å². The van der Waals surface area contributed by atoms with Gasteiger partial charge in [0, 0.05) is 41.9 Å². The van der Waals surface area contributed by atoms with E-state index in [0.717, 1.165) is 16.5 Å². The summed E-state index contributed by atoms with van der Waals surface area (Å²) in [4.78, 5) is 26.9. The maximum atomic E-state index is 13.6. The number of sulfonamides is 1. The molecule has 10 nitrogen and oxygen atoms in total. The molecule has 0 spiro atoms. The highest BCUT2D eigenvalue weighted by atomic mass is 35.5. The Bertz CT molecular complexity index is 2080. The van der Waals surface area contributed by atoms with Crippen molar-refractivity contribution >= 4 is 55.6 Å². The normalized spacial score (nSPS) is 13.4. The minimum atomic E-state index is -4.09. The molecule has 2 N–H and O–H groups in total. The van der Waals surface area contributed by atoms with Crippen LogP contribution in [0.4, 0.5) is 17.1 Å². The summed E-state index contributed by atoms with van der Waals surface area (Å²) in [6.07, 6.45) is 0. The fourth-order valence-corrected chi connectivity index (χ4v) is 6.70. The van der Waals surface area contributed by atoms with E-state index in [1.54, 1.807) is 72.8 Å². The van der Waals surface area contributed by atoms with Crippen LogP contribution in [0.3, 0.4) is 0 Å². The number of halogens is 1. The molecule has 1 amide bonds. The highest BCUT2D eigenvalue weighted by Gasteiger charge is 2.25. The summed E-state index contributed by atoms with van der Waals surface area (Å²) in [7, 11) is -4.09. The molecule has 0 bridgehead atoms. The van der Waals surface area contributed by atoms with Crippen LogP contribution < -0.4 is 25.3 Å². The zero-order chi connectivity index (χ0) is 32.3. The van der Waals surface area contributed by atoms with Crippen molar-refractivity contribution in [3.8, 4) is 5.75 Å². The van der Waals surface area contributed by atoms with Gasteiger partial charge in [-0.2, -0.15) is 0 Å². The Hall–Kier alpha value is -4.84. The second-order valence-electron chi connectivity index (χ2n) is 10.7. The van der Waals surface area contributed by atoms with Crippen molar-refractivity contribution in [3.63, 3.8) is 0 Å². The average molecular weight is 660 g/mol. The van der Waals surface area contributed by atoms with E-state index in [4.69, 9.17) is 25.5 Å². The first-order valence-electron chi connectivity index (χ1n) is 14.5. The first-order valence-corrected chi connectivity index (χ1v) is 16.3. The number of aryl methyl sites for hydroxylation is 1. The molecule has 0 unspecified atom stereocenters. The lowest BCUT2D eigenvalue weighted by Crippen LogP contribution is -2.37. The van der Waals surface area contributed by atoms with E-state index < -0.39 is 21.6 Å². The van der Waals surface area contributed by atoms with Crippen LogP contribution in [-0.2, 0) is 21.4 Å². The van der Waals surface area contributed by atoms with Gasteiger partial charge in [0.25, 0.3) is 15.9 Å². The largest absolute Gasteiger partial charge is 0.489 e. The number of carbonyl (C=O) groups excluding carboxylic acids is 1. The lowest BCUT2D eigenvalue weighted by atomic mass is 10.1. The quantitative estimate of drug-likeness (QED) is 0.179. The van der Waals surface area contributed by atoms with E-state index in [9.17, 15) is 18.0 Å². The summed E-state index contributed by atoms with van der Waals surface area (Å²) >= 11 is 6.23. The van der Waals surface area contributed by atoms with Gasteiger partial charge in [-0.3, -0.25) is 9.52 Å². The van der Waals surface area contributed by atoms with Crippen molar-refractivity contribution in [1.29, 1.82) is 0 Å². The number of morpholine rings is 1. The summed E-state index contributed by atoms with van der Waals surface area (Å²) in [6.45, 7) is 4.05. The number of nitrogens with one attached hydrogen (secondary N) is 2. The van der Waals surface area contributed by atoms with Crippen LogP contribution in [0.25, 0.3) is 11.0 Å². The first kappa shape index (κ1) is 31.2. The van der Waals surface area contributed by atoms with Gasteiger partial charge in [0.1, 0.15) is 22.8 Å². The van der Waals surface area contributed by atoms with Crippen LogP contribution in [0.5, 0.6) is 5.75 Å². The molecule has 5 aromatic rings. The third-order valence-electron chi connectivity index (χ3n) is 7.52. The molecule has 1 fully saturated rings. The molecule has 0 radical (unpaired) electrons. The van der Waals surface area contributed by atoms with E-state index in [2.05, 4.69) is 10.0 Å². The minimum absolute atomic E-state index is 0.00254. The maximum Gasteiger partial charge on any atom is 0.336 e. The standard InChI is InChI=1S/C34H30ClN3O7S/c1-22-18-33(39)45-31-20-26(11-12-27(22)31)44-21-23-6-8-24(9-7-23)34(40)36-25-10-13-30(38-14-16-43-17-15-38)32(19-25)46(41,42)37-29-5-3-2-4-28(29)35/h2-13,18-20,37H,14-17,21H2,1H3,(H,36,40). The lowest BCUT2D eigenvalue weighted by molar-refractivity contribution is 0.102. The van der Waals surface area contributed by atoms with Crippen LogP contribution in [0.1, 0.15) is 21.5 Å². The predicted molar refractivity (Wildman–Crippen MR) is 178 cm³/mol. The number of hydrogen-bond acceptors (Lipinski definition) is 8. The Morgan fingerprint density at radius 3 is 2.48 bits per heavy atom. The molecule has 12 heteroatoms. The van der Waals surface area contributed by atoms with Gasteiger partial charge >= 0.3 is 5.63 Å². The van der Waals surface area contributed by atoms with Gasteiger partial charge in [-0.1, -0.05) is 35.9 Å². The molecule has 0 aliphatic carbocycles. The second-order valence-corrected chi connectivity index (χ2v) is 12.8. The van der Waals surface area contributed by atoms with Crippen molar-refractivity contribution in [2.24, 2.45) is 0 Å². The number of rotatable bonds is 9. The van der Waals surface area contributed by atoms with E-state index >= 15 is 0 Å². The van der Waals surface area contributed by atoms with Gasteiger partial charge < -0.3 is 24.1 Å². The van der Waals surface area contributed by atoms with Crippen LogP contribution in [0, 0.1) is 6.92 Å². The van der Waals surface area contributed by atoms with Gasteiger partial charge in [0.2, 0.25) is 0 Å². The Kier molecular flexibility index (Phi) is 8.98. The van der Waals surface area contributed by atoms with Crippen molar-refractivity contribution in [1.82, 2.24) is 0 Å². The SMILES string of the molecule is Cc1cc(=O)oc2cc(OCc3ccc(C(=O)Nc4ccc(N5CCOCC5)c(S(=O)(=O)Nc5ccccc5Cl)c4)cc3)ccc12. The van der Waals surface area contributed by atoms with E-state index in [1.165, 1.54) is 12.1 Å². The van der Waals surface area contributed by atoms with Crippen molar-refractivity contribution in [2.75, 3.05) is 41.2 Å². The molecule has 0 atom stereocenters. The summed E-state index contributed by atoms with van der Waals surface area (Å²) in [5.74, 6) is 0.132. The fourth-order valence-electron chi connectivity index (χ4n) is 5.13. The smallest absolute Gasteiger partial charge is 0.336 e. The monoisotopic (exact) mass is 659 g/mol. The first-order chi connectivity index (χ1) is 22.2. The molecule has 0 saturated carbocycles.